The molecular formula is C11H18N4O3S. The van der Waals surface area contributed by atoms with Crippen LogP contribution in [0.4, 0.5) is 5.82 Å². The fourth-order valence-corrected chi connectivity index (χ4v) is 1.78. The van der Waals surface area contributed by atoms with Crippen molar-refractivity contribution in [3.05, 3.63) is 11.8 Å². The second-order valence-corrected chi connectivity index (χ2v) is 4.96. The highest BCUT2D eigenvalue weighted by molar-refractivity contribution is 7.98. The van der Waals surface area contributed by atoms with Gasteiger partial charge in [0, 0.05) is 6.07 Å². The van der Waals surface area contributed by atoms with E-state index in [1.54, 1.807) is 24.8 Å². The number of amides is 2. The van der Waals surface area contributed by atoms with Crippen molar-refractivity contribution in [3.8, 4) is 0 Å². The van der Waals surface area contributed by atoms with Crippen LogP contribution < -0.4 is 16.4 Å². The van der Waals surface area contributed by atoms with Gasteiger partial charge in [-0.25, -0.2) is 0 Å². The van der Waals surface area contributed by atoms with Gasteiger partial charge in [-0.05, 0) is 25.4 Å². The molecule has 1 heterocycles. The summed E-state index contributed by atoms with van der Waals surface area (Å²) < 4.78 is 4.80. The number of carbonyl (C=O) groups excluding carboxylic acids is 2. The summed E-state index contributed by atoms with van der Waals surface area (Å²) in [5.74, 6) is 1.01. The Bertz CT molecular complexity index is 435. The Morgan fingerprint density at radius 2 is 2.32 bits per heavy atom. The van der Waals surface area contributed by atoms with E-state index in [1.807, 2.05) is 6.26 Å². The average molecular weight is 286 g/mol. The fraction of sp³-hybridized carbons (Fsp3) is 0.545. The highest BCUT2D eigenvalue weighted by Crippen LogP contribution is 2.06. The van der Waals surface area contributed by atoms with Gasteiger partial charge in [0.1, 0.15) is 5.76 Å². The molecule has 0 aliphatic carbocycles. The first-order chi connectivity index (χ1) is 9.02. The lowest BCUT2D eigenvalue weighted by Crippen LogP contribution is -2.43. The molecular weight excluding hydrogens is 268 g/mol. The van der Waals surface area contributed by atoms with E-state index in [-0.39, 0.29) is 18.4 Å². The molecule has 0 bridgehead atoms. The second-order valence-electron chi connectivity index (χ2n) is 3.98. The number of aryl methyl sites for hydroxylation is 1. The molecule has 106 valence electrons. The minimum absolute atomic E-state index is 0.141. The molecule has 19 heavy (non-hydrogen) atoms. The maximum atomic E-state index is 11.6. The zero-order valence-electron chi connectivity index (χ0n) is 10.9. The van der Waals surface area contributed by atoms with Crippen molar-refractivity contribution in [2.75, 3.05) is 23.9 Å². The molecule has 1 atom stereocenters. The van der Waals surface area contributed by atoms with Gasteiger partial charge in [-0.3, -0.25) is 9.59 Å². The average Bonchev–Trinajstić information content (AvgIpc) is 2.78. The van der Waals surface area contributed by atoms with Gasteiger partial charge in [0.25, 0.3) is 0 Å². The monoisotopic (exact) mass is 286 g/mol. The Morgan fingerprint density at radius 3 is 2.89 bits per heavy atom. The van der Waals surface area contributed by atoms with Crippen LogP contribution in [0.15, 0.2) is 10.6 Å². The Hall–Kier alpha value is -1.54. The highest BCUT2D eigenvalue weighted by Gasteiger charge is 2.14. The van der Waals surface area contributed by atoms with Gasteiger partial charge < -0.3 is 20.9 Å². The van der Waals surface area contributed by atoms with Crippen LogP contribution in [0.25, 0.3) is 0 Å². The van der Waals surface area contributed by atoms with Crippen molar-refractivity contribution in [2.45, 2.75) is 19.4 Å². The van der Waals surface area contributed by atoms with E-state index in [4.69, 9.17) is 10.3 Å². The van der Waals surface area contributed by atoms with Crippen molar-refractivity contribution in [3.63, 3.8) is 0 Å². The predicted octanol–water partition coefficient (Wildman–Crippen LogP) is 0.118. The number of nitrogens with one attached hydrogen (secondary N) is 2. The molecule has 0 aromatic carbocycles. The number of carbonyl (C=O) groups is 2. The molecule has 0 spiro atoms. The molecule has 0 aliphatic rings. The summed E-state index contributed by atoms with van der Waals surface area (Å²) in [6.45, 7) is 1.58. The summed E-state index contributed by atoms with van der Waals surface area (Å²) in [6.07, 6.45) is 2.52. The van der Waals surface area contributed by atoms with E-state index in [9.17, 15) is 9.59 Å². The molecule has 7 nitrogen and oxygen atoms in total. The number of rotatable bonds is 7. The lowest BCUT2D eigenvalue weighted by molar-refractivity contribution is -0.125. The van der Waals surface area contributed by atoms with E-state index < -0.39 is 6.04 Å². The van der Waals surface area contributed by atoms with Crippen LogP contribution in [0.5, 0.6) is 0 Å². The number of nitrogens with two attached hydrogens (primary N) is 1. The Morgan fingerprint density at radius 1 is 1.58 bits per heavy atom. The molecule has 2 amide bonds. The lowest BCUT2D eigenvalue weighted by atomic mass is 10.2. The Balaban J connectivity index is 2.28. The van der Waals surface area contributed by atoms with E-state index in [2.05, 4.69) is 15.8 Å². The summed E-state index contributed by atoms with van der Waals surface area (Å²) in [4.78, 5) is 23.1. The summed E-state index contributed by atoms with van der Waals surface area (Å²) in [7, 11) is 0. The van der Waals surface area contributed by atoms with Crippen molar-refractivity contribution in [2.24, 2.45) is 5.73 Å². The third-order valence-corrected chi connectivity index (χ3v) is 2.93. The van der Waals surface area contributed by atoms with Gasteiger partial charge in [0.2, 0.25) is 11.8 Å². The molecule has 0 saturated heterocycles. The largest absolute Gasteiger partial charge is 0.360 e. The quantitative estimate of drug-likeness (QED) is 0.656. The van der Waals surface area contributed by atoms with Crippen molar-refractivity contribution >= 4 is 29.4 Å². The second kappa shape index (κ2) is 7.80. The number of nitrogens with zero attached hydrogens (tertiary/aromatic N) is 1. The first-order valence-electron chi connectivity index (χ1n) is 5.78. The summed E-state index contributed by atoms with van der Waals surface area (Å²) in [5, 5.41) is 8.58. The summed E-state index contributed by atoms with van der Waals surface area (Å²) in [6, 6.07) is 0.999. The first-order valence-corrected chi connectivity index (χ1v) is 7.17. The van der Waals surface area contributed by atoms with Crippen LogP contribution in [0.1, 0.15) is 12.2 Å². The SMILES string of the molecule is CSCC[C@H](N)C(=O)NCC(=O)Nc1cc(C)on1. The Kier molecular flexibility index (Phi) is 6.37. The molecule has 8 heteroatoms. The standard InChI is InChI=1S/C11H18N4O3S/c1-7-5-9(15-18-7)14-10(16)6-13-11(17)8(12)3-4-19-2/h5,8H,3-4,6,12H2,1-2H3,(H,13,17)(H,14,15,16)/t8-/m0/s1. The van der Waals surface area contributed by atoms with E-state index in [0.29, 0.717) is 18.0 Å². The van der Waals surface area contributed by atoms with Crippen LogP contribution in [-0.4, -0.2) is 41.6 Å². The summed E-state index contributed by atoms with van der Waals surface area (Å²) >= 11 is 1.62. The van der Waals surface area contributed by atoms with E-state index in [0.717, 1.165) is 5.75 Å². The fourth-order valence-electron chi connectivity index (χ4n) is 1.29. The highest BCUT2D eigenvalue weighted by atomic mass is 32.2. The van der Waals surface area contributed by atoms with Crippen molar-refractivity contribution in [1.29, 1.82) is 0 Å². The van der Waals surface area contributed by atoms with Gasteiger partial charge >= 0.3 is 0 Å². The number of anilines is 1. The third-order valence-electron chi connectivity index (χ3n) is 2.29. The van der Waals surface area contributed by atoms with Crippen LogP contribution in [-0.2, 0) is 9.59 Å². The Labute approximate surface area is 115 Å². The van der Waals surface area contributed by atoms with Gasteiger partial charge in [-0.1, -0.05) is 5.16 Å². The molecule has 1 aromatic rings. The van der Waals surface area contributed by atoms with Gasteiger partial charge in [0.15, 0.2) is 5.82 Å². The molecule has 0 aliphatic heterocycles. The van der Waals surface area contributed by atoms with Crippen molar-refractivity contribution in [1.82, 2.24) is 10.5 Å². The van der Waals surface area contributed by atoms with Gasteiger partial charge in [-0.2, -0.15) is 11.8 Å². The smallest absolute Gasteiger partial charge is 0.245 e. The minimum Gasteiger partial charge on any atom is -0.360 e. The lowest BCUT2D eigenvalue weighted by Gasteiger charge is -2.10. The van der Waals surface area contributed by atoms with Crippen LogP contribution in [0.3, 0.4) is 0 Å². The number of hydrogen-bond acceptors (Lipinski definition) is 6. The number of aromatic nitrogens is 1. The molecule has 1 rings (SSSR count). The van der Waals surface area contributed by atoms with Crippen LogP contribution in [0.2, 0.25) is 0 Å². The molecule has 0 unspecified atom stereocenters. The number of hydrogen-bond donors (Lipinski definition) is 3. The zero-order valence-corrected chi connectivity index (χ0v) is 11.8. The normalized spacial score (nSPS) is 11.9. The van der Waals surface area contributed by atoms with Gasteiger partial charge in [0.05, 0.1) is 12.6 Å². The van der Waals surface area contributed by atoms with Crippen LogP contribution >= 0.6 is 11.8 Å². The molecule has 0 saturated carbocycles. The summed E-state index contributed by atoms with van der Waals surface area (Å²) in [5.41, 5.74) is 5.66. The molecule has 0 fully saturated rings. The number of thioether (sulfide) groups is 1. The minimum atomic E-state index is -0.588. The zero-order chi connectivity index (χ0) is 14.3. The third kappa shape index (κ3) is 5.75. The maximum absolute atomic E-state index is 11.6. The predicted molar refractivity (Wildman–Crippen MR) is 73.9 cm³/mol. The van der Waals surface area contributed by atoms with Crippen molar-refractivity contribution < 1.29 is 14.1 Å². The molecule has 0 radical (unpaired) electrons. The maximum Gasteiger partial charge on any atom is 0.245 e. The van der Waals surface area contributed by atoms with E-state index in [1.165, 1.54) is 0 Å². The van der Waals surface area contributed by atoms with Gasteiger partial charge in [-0.15, -0.1) is 0 Å². The molecule has 4 N–H and O–H groups in total. The molecule has 1 aromatic heterocycles. The van der Waals surface area contributed by atoms with E-state index >= 15 is 0 Å². The first kappa shape index (κ1) is 15.5. The van der Waals surface area contributed by atoms with Crippen LogP contribution in [0, 0.1) is 6.92 Å². The topological polar surface area (TPSA) is 110 Å².